The monoisotopic (exact) mass is 292 g/mol. The Bertz CT molecular complexity index is 293. The summed E-state index contributed by atoms with van der Waals surface area (Å²) in [5, 5.41) is 33.5. The second-order valence-corrected chi connectivity index (χ2v) is 5.15. The molecular formula is C12H24N2O6. The summed E-state index contributed by atoms with van der Waals surface area (Å²) in [6, 6.07) is 0. The molecule has 8 heteroatoms. The van der Waals surface area contributed by atoms with Gasteiger partial charge in [0.25, 0.3) is 0 Å². The highest BCUT2D eigenvalue weighted by atomic mass is 16.8. The number of hydrogen-bond donors (Lipinski definition) is 5. The summed E-state index contributed by atoms with van der Waals surface area (Å²) in [5.74, 6) is 0. The zero-order valence-electron chi connectivity index (χ0n) is 11.6. The van der Waals surface area contributed by atoms with Gasteiger partial charge in [-0.25, -0.2) is 0 Å². The second-order valence-electron chi connectivity index (χ2n) is 5.15. The average Bonchev–Trinajstić information content (AvgIpc) is 3.38. The van der Waals surface area contributed by atoms with Crippen LogP contribution in [0.1, 0.15) is 13.3 Å². The van der Waals surface area contributed by atoms with E-state index >= 15 is 0 Å². The number of ether oxygens (including phenoxy) is 3. The molecule has 8 nitrogen and oxygen atoms in total. The molecule has 2 heterocycles. The normalized spacial score (nSPS) is 32.4. The number of epoxide rings is 2. The van der Waals surface area contributed by atoms with Crippen molar-refractivity contribution in [2.75, 3.05) is 33.0 Å². The molecule has 2 rings (SSSR count). The van der Waals surface area contributed by atoms with Crippen molar-refractivity contribution >= 4 is 0 Å². The Morgan fingerprint density at radius 1 is 1.10 bits per heavy atom. The van der Waals surface area contributed by atoms with Crippen LogP contribution >= 0.6 is 0 Å². The molecule has 4 unspecified atom stereocenters. The Morgan fingerprint density at radius 3 is 2.35 bits per heavy atom. The van der Waals surface area contributed by atoms with Gasteiger partial charge in [0.05, 0.1) is 32.0 Å². The molecule has 2 aliphatic heterocycles. The highest BCUT2D eigenvalue weighted by Crippen LogP contribution is 2.25. The summed E-state index contributed by atoms with van der Waals surface area (Å²) >= 11 is 0. The summed E-state index contributed by atoms with van der Waals surface area (Å²) in [6.07, 6.45) is 0.593. The maximum Gasteiger partial charge on any atom is 0.184 e. The van der Waals surface area contributed by atoms with Gasteiger partial charge in [0.15, 0.2) is 18.7 Å². The van der Waals surface area contributed by atoms with Gasteiger partial charge in [-0.15, -0.1) is 0 Å². The van der Waals surface area contributed by atoms with E-state index in [1.807, 2.05) is 0 Å². The molecule has 2 saturated heterocycles. The van der Waals surface area contributed by atoms with Gasteiger partial charge in [-0.05, 0) is 6.42 Å². The molecule has 4 atom stereocenters. The first kappa shape index (κ1) is 16.1. The predicted molar refractivity (Wildman–Crippen MR) is 68.7 cm³/mol. The summed E-state index contributed by atoms with van der Waals surface area (Å²) in [4.78, 5) is 0. The third kappa shape index (κ3) is 4.09. The molecule has 0 bridgehead atoms. The average molecular weight is 292 g/mol. The lowest BCUT2D eigenvalue weighted by Gasteiger charge is -2.27. The first-order valence-corrected chi connectivity index (χ1v) is 6.94. The Kier molecular flexibility index (Phi) is 5.70. The fourth-order valence-corrected chi connectivity index (χ4v) is 1.90. The summed E-state index contributed by atoms with van der Waals surface area (Å²) in [7, 11) is 0. The van der Waals surface area contributed by atoms with Crippen LogP contribution in [0.15, 0.2) is 0 Å². The molecule has 0 radical (unpaired) electrons. The van der Waals surface area contributed by atoms with Crippen molar-refractivity contribution in [1.82, 2.24) is 10.6 Å². The van der Waals surface area contributed by atoms with E-state index in [-0.39, 0.29) is 44.7 Å². The number of hydrogen-bond acceptors (Lipinski definition) is 8. The van der Waals surface area contributed by atoms with Crippen molar-refractivity contribution in [2.24, 2.45) is 0 Å². The Balaban J connectivity index is 1.54. The van der Waals surface area contributed by atoms with Gasteiger partial charge >= 0.3 is 0 Å². The van der Waals surface area contributed by atoms with Crippen molar-refractivity contribution in [1.29, 1.82) is 0 Å². The minimum Gasteiger partial charge on any atom is -0.394 e. The van der Waals surface area contributed by atoms with E-state index in [4.69, 9.17) is 14.2 Å². The van der Waals surface area contributed by atoms with Crippen LogP contribution in [0.5, 0.6) is 0 Å². The van der Waals surface area contributed by atoms with Crippen LogP contribution in [0.4, 0.5) is 0 Å². The van der Waals surface area contributed by atoms with Gasteiger partial charge in [0.1, 0.15) is 6.10 Å². The van der Waals surface area contributed by atoms with Crippen LogP contribution in [-0.4, -0.2) is 78.7 Å². The van der Waals surface area contributed by atoms with Crippen molar-refractivity contribution in [3.63, 3.8) is 0 Å². The molecular weight excluding hydrogens is 268 g/mol. The summed E-state index contributed by atoms with van der Waals surface area (Å²) in [5.41, 5.74) is -1.12. The lowest BCUT2D eigenvalue weighted by molar-refractivity contribution is 0.0337. The highest BCUT2D eigenvalue weighted by Gasteiger charge is 2.44. The van der Waals surface area contributed by atoms with E-state index in [1.54, 1.807) is 0 Å². The fourth-order valence-electron chi connectivity index (χ4n) is 1.90. The molecule has 20 heavy (non-hydrogen) atoms. The predicted octanol–water partition coefficient (Wildman–Crippen LogP) is -2.28. The van der Waals surface area contributed by atoms with Crippen molar-refractivity contribution in [2.45, 2.75) is 43.7 Å². The lowest BCUT2D eigenvalue weighted by Crippen LogP contribution is -2.56. The van der Waals surface area contributed by atoms with Crippen molar-refractivity contribution < 1.29 is 29.5 Å². The third-order valence-corrected chi connectivity index (χ3v) is 3.52. The summed E-state index contributed by atoms with van der Waals surface area (Å²) < 4.78 is 16.0. The van der Waals surface area contributed by atoms with E-state index in [1.165, 1.54) is 0 Å². The van der Waals surface area contributed by atoms with Crippen LogP contribution in [-0.2, 0) is 14.2 Å². The van der Waals surface area contributed by atoms with Crippen LogP contribution in [0, 0.1) is 0 Å². The van der Waals surface area contributed by atoms with Gasteiger partial charge < -0.3 is 29.5 Å². The molecule has 2 aliphatic rings. The number of nitrogens with one attached hydrogen (secondary N) is 2. The number of aliphatic hydroxyl groups excluding tert-OH is 3. The van der Waals surface area contributed by atoms with Crippen LogP contribution < -0.4 is 10.6 Å². The summed E-state index contributed by atoms with van der Waals surface area (Å²) in [6.45, 7) is 2.09. The zero-order valence-corrected chi connectivity index (χ0v) is 11.6. The van der Waals surface area contributed by atoms with E-state index in [0.717, 1.165) is 6.42 Å². The smallest absolute Gasteiger partial charge is 0.184 e. The van der Waals surface area contributed by atoms with Gasteiger partial charge in [-0.1, -0.05) is 6.92 Å². The molecule has 0 aliphatic carbocycles. The molecule has 0 spiro atoms. The maximum absolute atomic E-state index is 9.18. The molecule has 0 amide bonds. The van der Waals surface area contributed by atoms with Gasteiger partial charge in [0.2, 0.25) is 0 Å². The van der Waals surface area contributed by atoms with Crippen LogP contribution in [0.3, 0.4) is 0 Å². The molecule has 2 fully saturated rings. The molecule has 118 valence electrons. The zero-order chi connectivity index (χ0) is 14.6. The van der Waals surface area contributed by atoms with Crippen LogP contribution in [0.25, 0.3) is 0 Å². The maximum atomic E-state index is 9.18. The lowest BCUT2D eigenvalue weighted by atomic mass is 10.0. The van der Waals surface area contributed by atoms with Gasteiger partial charge in [0, 0.05) is 6.54 Å². The number of rotatable bonds is 11. The van der Waals surface area contributed by atoms with E-state index < -0.39 is 5.54 Å². The Labute approximate surface area is 118 Å². The SMILES string of the molecule is CCC1OC1OCCNC1OC1NC(CO)(CO)CO. The van der Waals surface area contributed by atoms with E-state index in [9.17, 15) is 15.3 Å². The van der Waals surface area contributed by atoms with Gasteiger partial charge in [-0.3, -0.25) is 10.6 Å². The van der Waals surface area contributed by atoms with Crippen LogP contribution in [0.2, 0.25) is 0 Å². The Morgan fingerprint density at radius 2 is 1.80 bits per heavy atom. The fraction of sp³-hybridized carbons (Fsp3) is 1.00. The standard InChI is InChI=1S/C12H24N2O6/c1-2-8-11(19-8)18-4-3-13-9-10(20-9)14-12(5-15,6-16)7-17/h8-11,13-17H,2-7H2,1H3. The molecule has 0 aromatic rings. The molecule has 0 saturated carbocycles. The molecule has 0 aromatic heterocycles. The van der Waals surface area contributed by atoms with Crippen molar-refractivity contribution in [3.8, 4) is 0 Å². The van der Waals surface area contributed by atoms with E-state index in [0.29, 0.717) is 13.2 Å². The van der Waals surface area contributed by atoms with Crippen molar-refractivity contribution in [3.05, 3.63) is 0 Å². The van der Waals surface area contributed by atoms with E-state index in [2.05, 4.69) is 17.6 Å². The largest absolute Gasteiger partial charge is 0.394 e. The minimum absolute atomic E-state index is 0.0679. The first-order valence-electron chi connectivity index (χ1n) is 6.94. The molecule has 5 N–H and O–H groups in total. The Hall–Kier alpha value is -0.320. The number of aliphatic hydroxyl groups is 3. The molecule has 0 aromatic carbocycles. The minimum atomic E-state index is -1.12. The topological polar surface area (TPSA) is 119 Å². The second kappa shape index (κ2) is 7.10. The highest BCUT2D eigenvalue weighted by molar-refractivity contribution is 4.93. The first-order chi connectivity index (χ1) is 9.68. The third-order valence-electron chi connectivity index (χ3n) is 3.52. The van der Waals surface area contributed by atoms with Gasteiger partial charge in [-0.2, -0.15) is 0 Å². The quantitative estimate of drug-likeness (QED) is 0.213.